The van der Waals surface area contributed by atoms with Gasteiger partial charge in [0.05, 0.1) is 16.7 Å². The quantitative estimate of drug-likeness (QED) is 0.309. The number of hydrogen-bond acceptors (Lipinski definition) is 4. The van der Waals surface area contributed by atoms with Crippen molar-refractivity contribution >= 4 is 10.1 Å². The van der Waals surface area contributed by atoms with E-state index in [4.69, 9.17) is 0 Å². The first-order chi connectivity index (χ1) is 8.71. The van der Waals surface area contributed by atoms with Gasteiger partial charge >= 0.3 is 35.9 Å². The number of halogens is 3. The summed E-state index contributed by atoms with van der Waals surface area (Å²) >= 11 is 0. The summed E-state index contributed by atoms with van der Waals surface area (Å²) in [6, 6.07) is 0. The van der Waals surface area contributed by atoms with E-state index in [0.717, 1.165) is 25.7 Å². The van der Waals surface area contributed by atoms with E-state index in [9.17, 15) is 26.1 Å². The van der Waals surface area contributed by atoms with Gasteiger partial charge in [0.25, 0.3) is 0 Å². The van der Waals surface area contributed by atoms with Crippen molar-refractivity contribution in [1.29, 1.82) is 0 Å². The first kappa shape index (κ1) is 22.9. The molecule has 0 saturated heterocycles. The zero-order chi connectivity index (χ0) is 14.8. The fraction of sp³-hybridized carbons (Fsp3) is 1.00. The molecule has 0 aliphatic carbocycles. The fourth-order valence-electron chi connectivity index (χ4n) is 1.63. The molecular formula is C11H20F3NaO4S. The average Bonchev–Trinajstić information content (AvgIpc) is 2.22. The van der Waals surface area contributed by atoms with Crippen LogP contribution < -0.4 is 29.6 Å². The van der Waals surface area contributed by atoms with E-state index in [1.165, 1.54) is 0 Å². The minimum Gasteiger partial charge on any atom is -0.748 e. The number of alkyl halides is 3. The molecule has 0 aliphatic heterocycles. The fourth-order valence-corrected chi connectivity index (χ4v) is 2.19. The molecule has 0 bridgehead atoms. The standard InChI is InChI=1S/C11H21F3O4S.Na/c12-11(13,14)18-9-7-5-3-1-2-4-6-8-10-19(15,16)17;/h1-10H2,(H,15,16,17);/q;+1/p-1. The van der Waals surface area contributed by atoms with Gasteiger partial charge in [-0.25, -0.2) is 8.42 Å². The van der Waals surface area contributed by atoms with Crippen LogP contribution in [0.25, 0.3) is 0 Å². The van der Waals surface area contributed by atoms with Gasteiger partial charge in [0.2, 0.25) is 0 Å². The van der Waals surface area contributed by atoms with E-state index >= 15 is 0 Å². The minimum absolute atomic E-state index is 0. The van der Waals surface area contributed by atoms with Crippen molar-refractivity contribution in [2.75, 3.05) is 12.4 Å². The second-order valence-electron chi connectivity index (χ2n) is 4.38. The molecule has 4 nitrogen and oxygen atoms in total. The van der Waals surface area contributed by atoms with Gasteiger partial charge in [-0.15, -0.1) is 13.2 Å². The van der Waals surface area contributed by atoms with Crippen LogP contribution in [0.5, 0.6) is 0 Å². The predicted octanol–water partition coefficient (Wildman–Crippen LogP) is 0.193. The second kappa shape index (κ2) is 12.2. The Hall–Kier alpha value is 0.660. The zero-order valence-electron chi connectivity index (χ0n) is 11.7. The van der Waals surface area contributed by atoms with Crippen LogP contribution >= 0.6 is 0 Å². The van der Waals surface area contributed by atoms with Gasteiger partial charge in [-0.3, -0.25) is 4.74 Å². The molecule has 0 unspecified atom stereocenters. The summed E-state index contributed by atoms with van der Waals surface area (Å²) in [5.41, 5.74) is 0. The molecule has 0 spiro atoms. The van der Waals surface area contributed by atoms with E-state index in [2.05, 4.69) is 4.74 Å². The maximum Gasteiger partial charge on any atom is 1.00 e. The monoisotopic (exact) mass is 328 g/mol. The number of hydrogen-bond donors (Lipinski definition) is 0. The maximum absolute atomic E-state index is 11.6. The van der Waals surface area contributed by atoms with Crippen molar-refractivity contribution in [2.45, 2.75) is 57.7 Å². The minimum atomic E-state index is -4.54. The summed E-state index contributed by atoms with van der Waals surface area (Å²) in [7, 11) is -4.10. The molecule has 0 aromatic heterocycles. The van der Waals surface area contributed by atoms with Crippen LogP contribution in [0.4, 0.5) is 13.2 Å². The van der Waals surface area contributed by atoms with Crippen LogP contribution in [0.2, 0.25) is 0 Å². The third kappa shape index (κ3) is 21.0. The van der Waals surface area contributed by atoms with Gasteiger partial charge in [-0.05, 0) is 12.8 Å². The summed E-state index contributed by atoms with van der Waals surface area (Å²) in [6.45, 7) is -0.301. The third-order valence-electron chi connectivity index (χ3n) is 2.55. The SMILES string of the molecule is O=S(=O)([O-])CCCCCCCCCCOC(F)(F)F.[Na+]. The van der Waals surface area contributed by atoms with E-state index in [1.807, 2.05) is 0 Å². The van der Waals surface area contributed by atoms with Gasteiger partial charge < -0.3 is 4.55 Å². The molecule has 0 rings (SSSR count). The van der Waals surface area contributed by atoms with Crippen molar-refractivity contribution in [3.63, 3.8) is 0 Å². The Morgan fingerprint density at radius 2 is 1.25 bits per heavy atom. The Labute approximate surface area is 140 Å². The Balaban J connectivity index is 0. The van der Waals surface area contributed by atoms with Crippen molar-refractivity contribution in [3.8, 4) is 0 Å². The number of unbranched alkanes of at least 4 members (excludes halogenated alkanes) is 7. The zero-order valence-corrected chi connectivity index (χ0v) is 14.6. The molecule has 0 aromatic carbocycles. The first-order valence-electron chi connectivity index (χ1n) is 6.35. The molecule has 0 N–H and O–H groups in total. The largest absolute Gasteiger partial charge is 1.00 e. The molecule has 9 heteroatoms. The summed E-state index contributed by atoms with van der Waals surface area (Å²) < 4.78 is 69.3. The average molecular weight is 328 g/mol. The number of ether oxygens (including phenoxy) is 1. The topological polar surface area (TPSA) is 66.4 Å². The summed E-state index contributed by atoms with van der Waals surface area (Å²) in [6.07, 6.45) is 1.08. The van der Waals surface area contributed by atoms with Crippen LogP contribution in [0.3, 0.4) is 0 Å². The summed E-state index contributed by atoms with van der Waals surface area (Å²) in [5.74, 6) is -0.318. The van der Waals surface area contributed by atoms with Crippen LogP contribution in [0, 0.1) is 0 Å². The molecule has 0 aromatic rings. The molecule has 0 radical (unpaired) electrons. The molecule has 0 fully saturated rings. The van der Waals surface area contributed by atoms with Crippen molar-refractivity contribution < 1.29 is 60.4 Å². The van der Waals surface area contributed by atoms with E-state index in [-0.39, 0.29) is 41.9 Å². The van der Waals surface area contributed by atoms with Crippen LogP contribution in [-0.4, -0.2) is 31.7 Å². The smallest absolute Gasteiger partial charge is 0.748 e. The molecule has 0 aliphatic rings. The van der Waals surface area contributed by atoms with E-state index in [1.54, 1.807) is 0 Å². The maximum atomic E-state index is 11.6. The van der Waals surface area contributed by atoms with Crippen LogP contribution in [0.1, 0.15) is 51.4 Å². The predicted molar refractivity (Wildman–Crippen MR) is 63.5 cm³/mol. The molecule has 0 amide bonds. The molecule has 116 valence electrons. The molecule has 0 heterocycles. The summed E-state index contributed by atoms with van der Waals surface area (Å²) in [4.78, 5) is 0. The third-order valence-corrected chi connectivity index (χ3v) is 3.34. The molecule has 0 atom stereocenters. The van der Waals surface area contributed by atoms with Gasteiger partial charge in [-0.1, -0.05) is 38.5 Å². The first-order valence-corrected chi connectivity index (χ1v) is 7.93. The Bertz CT molecular complexity index is 320. The van der Waals surface area contributed by atoms with Crippen LogP contribution in [-0.2, 0) is 14.9 Å². The Kier molecular flexibility index (Phi) is 14.0. The Morgan fingerprint density at radius 3 is 1.65 bits per heavy atom. The summed E-state index contributed by atoms with van der Waals surface area (Å²) in [5, 5.41) is 0. The number of rotatable bonds is 11. The molecule has 0 saturated carbocycles. The van der Waals surface area contributed by atoms with Gasteiger partial charge in [0, 0.05) is 5.75 Å². The van der Waals surface area contributed by atoms with Crippen molar-refractivity contribution in [3.05, 3.63) is 0 Å². The van der Waals surface area contributed by atoms with E-state index in [0.29, 0.717) is 25.7 Å². The van der Waals surface area contributed by atoms with E-state index < -0.39 is 16.5 Å². The molecule has 20 heavy (non-hydrogen) atoms. The van der Waals surface area contributed by atoms with Crippen LogP contribution in [0.15, 0.2) is 0 Å². The van der Waals surface area contributed by atoms with Crippen molar-refractivity contribution in [1.82, 2.24) is 0 Å². The van der Waals surface area contributed by atoms with Crippen molar-refractivity contribution in [2.24, 2.45) is 0 Å². The molecular weight excluding hydrogens is 308 g/mol. The Morgan fingerprint density at radius 1 is 0.850 bits per heavy atom. The van der Waals surface area contributed by atoms with Gasteiger partial charge in [0.15, 0.2) is 0 Å². The van der Waals surface area contributed by atoms with Gasteiger partial charge in [-0.2, -0.15) is 0 Å². The second-order valence-corrected chi connectivity index (χ2v) is 5.91. The normalized spacial score (nSPS) is 12.2. The van der Waals surface area contributed by atoms with Gasteiger partial charge in [0.1, 0.15) is 0 Å².